The molecule has 1 N–H and O–H groups in total. The van der Waals surface area contributed by atoms with Gasteiger partial charge >= 0.3 is 0 Å². The monoisotopic (exact) mass is 201 g/mol. The van der Waals surface area contributed by atoms with Gasteiger partial charge in [0.2, 0.25) is 5.91 Å². The van der Waals surface area contributed by atoms with Crippen LogP contribution >= 0.6 is 0 Å². The summed E-state index contributed by atoms with van der Waals surface area (Å²) in [5, 5.41) is 2.79. The summed E-state index contributed by atoms with van der Waals surface area (Å²) >= 11 is 0. The highest BCUT2D eigenvalue weighted by Crippen LogP contribution is 2.07. The minimum atomic E-state index is 0.0823. The van der Waals surface area contributed by atoms with E-state index in [1.165, 1.54) is 19.3 Å². The van der Waals surface area contributed by atoms with Crippen LogP contribution in [0.1, 0.15) is 60.3 Å². The predicted octanol–water partition coefficient (Wildman–Crippen LogP) is 3.37. The van der Waals surface area contributed by atoms with E-state index < -0.39 is 0 Å². The van der Waals surface area contributed by atoms with Gasteiger partial charge in [0.05, 0.1) is 0 Å². The Hall–Kier alpha value is -0.530. The van der Waals surface area contributed by atoms with E-state index in [1.807, 2.05) is 13.8 Å². The van der Waals surface area contributed by atoms with Gasteiger partial charge in [-0.1, -0.05) is 47.0 Å². The van der Waals surface area contributed by atoms with E-state index in [0.29, 0.717) is 0 Å². The van der Waals surface area contributed by atoms with Gasteiger partial charge in [0.15, 0.2) is 0 Å². The van der Waals surface area contributed by atoms with Crippen molar-refractivity contribution in [2.75, 3.05) is 6.54 Å². The van der Waals surface area contributed by atoms with Crippen LogP contribution in [0.4, 0.5) is 0 Å². The van der Waals surface area contributed by atoms with Crippen LogP contribution in [-0.2, 0) is 4.79 Å². The lowest BCUT2D eigenvalue weighted by atomic mass is 10.1. The molecule has 0 radical (unpaired) electrons. The van der Waals surface area contributed by atoms with Crippen LogP contribution in [-0.4, -0.2) is 12.5 Å². The molecule has 0 aliphatic heterocycles. The lowest BCUT2D eigenvalue weighted by molar-refractivity contribution is -0.118. The van der Waals surface area contributed by atoms with Gasteiger partial charge < -0.3 is 5.32 Å². The molecule has 0 aliphatic carbocycles. The third-order valence-electron chi connectivity index (χ3n) is 1.83. The second-order valence-electron chi connectivity index (χ2n) is 3.73. The minimum Gasteiger partial charge on any atom is -0.356 e. The van der Waals surface area contributed by atoms with Crippen molar-refractivity contribution in [1.29, 1.82) is 0 Å². The Labute approximate surface area is 89.5 Å². The van der Waals surface area contributed by atoms with Crippen LogP contribution in [0.25, 0.3) is 0 Å². The Bertz CT molecular complexity index is 121. The summed E-state index contributed by atoms with van der Waals surface area (Å²) in [7, 11) is 0. The van der Waals surface area contributed by atoms with Crippen molar-refractivity contribution < 1.29 is 4.79 Å². The maximum absolute atomic E-state index is 10.5. The Kier molecular flexibility index (Phi) is 14.2. The second kappa shape index (κ2) is 12.5. The van der Waals surface area contributed by atoms with Gasteiger partial charge in [-0.2, -0.15) is 0 Å². The van der Waals surface area contributed by atoms with Crippen LogP contribution in [0.3, 0.4) is 0 Å². The minimum absolute atomic E-state index is 0.0823. The molecule has 0 atom stereocenters. The first-order valence-electron chi connectivity index (χ1n) is 5.87. The molecule has 0 aromatic rings. The summed E-state index contributed by atoms with van der Waals surface area (Å²) in [5.74, 6) is 0.893. The van der Waals surface area contributed by atoms with E-state index in [9.17, 15) is 4.79 Å². The molecule has 0 saturated heterocycles. The van der Waals surface area contributed by atoms with Crippen LogP contribution in [0.15, 0.2) is 0 Å². The SMILES string of the molecule is CC.CC(=O)NCCCCCC(C)C. The van der Waals surface area contributed by atoms with Gasteiger partial charge in [-0.15, -0.1) is 0 Å². The molecule has 0 rings (SSSR count). The highest BCUT2D eigenvalue weighted by Gasteiger charge is 1.94. The maximum Gasteiger partial charge on any atom is 0.216 e. The summed E-state index contributed by atoms with van der Waals surface area (Å²) < 4.78 is 0. The topological polar surface area (TPSA) is 29.1 Å². The highest BCUT2D eigenvalue weighted by molar-refractivity contribution is 5.72. The molecule has 0 aromatic heterocycles. The molecule has 2 nitrogen and oxygen atoms in total. The average Bonchev–Trinajstić information content (AvgIpc) is 2.13. The van der Waals surface area contributed by atoms with E-state index >= 15 is 0 Å². The summed E-state index contributed by atoms with van der Waals surface area (Å²) in [6.45, 7) is 10.9. The van der Waals surface area contributed by atoms with Crippen molar-refractivity contribution in [3.05, 3.63) is 0 Å². The summed E-state index contributed by atoms with van der Waals surface area (Å²) in [4.78, 5) is 10.5. The van der Waals surface area contributed by atoms with Crippen molar-refractivity contribution in [2.45, 2.75) is 60.3 Å². The van der Waals surface area contributed by atoms with Crippen LogP contribution in [0, 0.1) is 5.92 Å². The van der Waals surface area contributed by atoms with Gasteiger partial charge in [0, 0.05) is 13.5 Å². The molecule has 0 aliphatic rings. The van der Waals surface area contributed by atoms with Crippen LogP contribution < -0.4 is 5.32 Å². The first-order chi connectivity index (χ1) is 6.63. The molecule has 0 aromatic carbocycles. The summed E-state index contributed by atoms with van der Waals surface area (Å²) in [6, 6.07) is 0. The van der Waals surface area contributed by atoms with Gasteiger partial charge in [0.25, 0.3) is 0 Å². The highest BCUT2D eigenvalue weighted by atomic mass is 16.1. The number of amides is 1. The van der Waals surface area contributed by atoms with Crippen molar-refractivity contribution in [1.82, 2.24) is 5.32 Å². The lowest BCUT2D eigenvalue weighted by Crippen LogP contribution is -2.20. The molecular weight excluding hydrogens is 174 g/mol. The Morgan fingerprint density at radius 1 is 1.14 bits per heavy atom. The van der Waals surface area contributed by atoms with Gasteiger partial charge in [0.1, 0.15) is 0 Å². The van der Waals surface area contributed by atoms with Gasteiger partial charge in [-0.05, 0) is 12.3 Å². The Morgan fingerprint density at radius 2 is 1.71 bits per heavy atom. The van der Waals surface area contributed by atoms with Gasteiger partial charge in [-0.3, -0.25) is 4.79 Å². The zero-order chi connectivity index (χ0) is 11.4. The van der Waals surface area contributed by atoms with Crippen molar-refractivity contribution in [2.24, 2.45) is 5.92 Å². The second-order valence-corrected chi connectivity index (χ2v) is 3.73. The van der Waals surface area contributed by atoms with Crippen molar-refractivity contribution >= 4 is 5.91 Å². The average molecular weight is 201 g/mol. The number of hydrogen-bond acceptors (Lipinski definition) is 1. The molecular formula is C12H27NO. The third kappa shape index (κ3) is 17.5. The number of rotatable bonds is 6. The van der Waals surface area contributed by atoms with Crippen LogP contribution in [0.2, 0.25) is 0 Å². The lowest BCUT2D eigenvalue weighted by Gasteiger charge is -2.04. The zero-order valence-electron chi connectivity index (χ0n) is 10.5. The van der Waals surface area contributed by atoms with E-state index in [0.717, 1.165) is 18.9 Å². The molecule has 0 bridgehead atoms. The fourth-order valence-corrected chi connectivity index (χ4v) is 1.12. The number of carbonyl (C=O) groups excluding carboxylic acids is 1. The Morgan fingerprint density at radius 3 is 2.14 bits per heavy atom. The van der Waals surface area contributed by atoms with E-state index in [2.05, 4.69) is 19.2 Å². The summed E-state index contributed by atoms with van der Waals surface area (Å²) in [5.41, 5.74) is 0. The molecule has 1 amide bonds. The number of nitrogens with one attached hydrogen (secondary N) is 1. The molecule has 0 heterocycles. The molecule has 0 saturated carbocycles. The zero-order valence-corrected chi connectivity index (χ0v) is 10.5. The fraction of sp³-hybridized carbons (Fsp3) is 0.917. The number of hydrogen-bond donors (Lipinski definition) is 1. The van der Waals surface area contributed by atoms with Crippen LogP contribution in [0.5, 0.6) is 0 Å². The molecule has 14 heavy (non-hydrogen) atoms. The Balaban J connectivity index is 0. The molecule has 0 unspecified atom stereocenters. The molecule has 0 spiro atoms. The molecule has 0 fully saturated rings. The predicted molar refractivity (Wildman–Crippen MR) is 63.3 cm³/mol. The fourth-order valence-electron chi connectivity index (χ4n) is 1.12. The maximum atomic E-state index is 10.5. The first-order valence-corrected chi connectivity index (χ1v) is 5.87. The molecule has 2 heteroatoms. The molecule has 86 valence electrons. The standard InChI is InChI=1S/C10H21NO.C2H6/c1-9(2)7-5-4-6-8-11-10(3)12;1-2/h9H,4-8H2,1-3H3,(H,11,12);1-2H3. The van der Waals surface area contributed by atoms with Crippen molar-refractivity contribution in [3.8, 4) is 0 Å². The first kappa shape index (κ1) is 15.9. The van der Waals surface area contributed by atoms with Gasteiger partial charge in [-0.25, -0.2) is 0 Å². The number of unbranched alkanes of at least 4 members (excludes halogenated alkanes) is 2. The largest absolute Gasteiger partial charge is 0.356 e. The number of carbonyl (C=O) groups is 1. The van der Waals surface area contributed by atoms with E-state index in [1.54, 1.807) is 6.92 Å². The van der Waals surface area contributed by atoms with E-state index in [4.69, 9.17) is 0 Å². The smallest absolute Gasteiger partial charge is 0.216 e. The van der Waals surface area contributed by atoms with E-state index in [-0.39, 0.29) is 5.91 Å². The third-order valence-corrected chi connectivity index (χ3v) is 1.83. The van der Waals surface area contributed by atoms with Crippen molar-refractivity contribution in [3.63, 3.8) is 0 Å². The normalized spacial score (nSPS) is 9.29. The quantitative estimate of drug-likeness (QED) is 0.656. The summed E-state index contributed by atoms with van der Waals surface area (Å²) in [6.07, 6.45) is 4.95.